The highest BCUT2D eigenvalue weighted by molar-refractivity contribution is 8.00. The van der Waals surface area contributed by atoms with Crippen molar-refractivity contribution in [1.29, 1.82) is 0 Å². The first-order valence-corrected chi connectivity index (χ1v) is 12.9. The quantitative estimate of drug-likeness (QED) is 0.364. The van der Waals surface area contributed by atoms with E-state index in [0.717, 1.165) is 47.5 Å². The van der Waals surface area contributed by atoms with E-state index in [-0.39, 0.29) is 23.5 Å². The second kappa shape index (κ2) is 11.0. The molecule has 0 spiro atoms. The molecule has 3 aromatic rings. The third-order valence-corrected chi connectivity index (χ3v) is 7.47. The maximum absolute atomic E-state index is 12.4. The molecule has 1 heterocycles. The van der Waals surface area contributed by atoms with Crippen molar-refractivity contribution in [2.24, 2.45) is 5.92 Å². The Labute approximate surface area is 201 Å². The second-order valence-corrected chi connectivity index (χ2v) is 10.0. The zero-order valence-corrected chi connectivity index (χ0v) is 19.9. The van der Waals surface area contributed by atoms with Crippen LogP contribution in [0, 0.1) is 5.92 Å². The van der Waals surface area contributed by atoms with Gasteiger partial charge >= 0.3 is 0 Å². The van der Waals surface area contributed by atoms with Crippen molar-refractivity contribution in [1.82, 2.24) is 4.98 Å². The number of thiazole rings is 1. The largest absolute Gasteiger partial charge is 0.326 e. The number of anilines is 2. The van der Waals surface area contributed by atoms with E-state index < -0.39 is 0 Å². The van der Waals surface area contributed by atoms with Gasteiger partial charge in [-0.1, -0.05) is 49.1 Å². The molecule has 0 saturated heterocycles. The molecule has 5 nitrogen and oxygen atoms in total. The van der Waals surface area contributed by atoms with Gasteiger partial charge in [-0.2, -0.15) is 0 Å². The van der Waals surface area contributed by atoms with E-state index in [1.165, 1.54) is 29.5 Å². The summed E-state index contributed by atoms with van der Waals surface area (Å²) < 4.78 is 0. The molecule has 0 radical (unpaired) electrons. The van der Waals surface area contributed by atoms with Gasteiger partial charge < -0.3 is 10.6 Å². The average Bonchev–Trinajstić information content (AvgIpc) is 3.27. The summed E-state index contributed by atoms with van der Waals surface area (Å²) in [5, 5.41) is 8.91. The number of nitrogens with one attached hydrogen (secondary N) is 2. The fourth-order valence-electron chi connectivity index (χ4n) is 3.67. The van der Waals surface area contributed by atoms with Gasteiger partial charge in [0.2, 0.25) is 11.8 Å². The molecule has 0 atom stereocenters. The molecule has 1 aromatic heterocycles. The van der Waals surface area contributed by atoms with Gasteiger partial charge in [-0.05, 0) is 43.2 Å². The third-order valence-electron chi connectivity index (χ3n) is 5.37. The lowest BCUT2D eigenvalue weighted by molar-refractivity contribution is -0.120. The van der Waals surface area contributed by atoms with Gasteiger partial charge in [0.25, 0.3) is 0 Å². The molecule has 1 fully saturated rings. The Balaban J connectivity index is 1.25. The van der Waals surface area contributed by atoms with Crippen LogP contribution in [0.15, 0.2) is 58.8 Å². The number of carbonyl (C=O) groups is 2. The van der Waals surface area contributed by atoms with Gasteiger partial charge in [-0.3, -0.25) is 9.59 Å². The van der Waals surface area contributed by atoms with Crippen LogP contribution in [-0.2, 0) is 9.59 Å². The Morgan fingerprint density at radius 3 is 2.53 bits per heavy atom. The highest BCUT2D eigenvalue weighted by atomic mass is 35.5. The first-order valence-electron chi connectivity index (χ1n) is 10.6. The van der Waals surface area contributed by atoms with Crippen molar-refractivity contribution >= 4 is 57.3 Å². The van der Waals surface area contributed by atoms with E-state index in [0.29, 0.717) is 10.2 Å². The Kier molecular flexibility index (Phi) is 7.84. The minimum atomic E-state index is -0.121. The predicted octanol–water partition coefficient (Wildman–Crippen LogP) is 6.71. The van der Waals surface area contributed by atoms with E-state index in [9.17, 15) is 9.59 Å². The first-order chi connectivity index (χ1) is 15.6. The van der Waals surface area contributed by atoms with Crippen LogP contribution in [0.4, 0.5) is 10.8 Å². The van der Waals surface area contributed by atoms with Crippen molar-refractivity contribution in [3.05, 3.63) is 58.9 Å². The zero-order chi connectivity index (χ0) is 22.3. The molecule has 2 N–H and O–H groups in total. The summed E-state index contributed by atoms with van der Waals surface area (Å²) in [5.74, 6) is 0.397. The van der Waals surface area contributed by atoms with Crippen LogP contribution in [0.25, 0.3) is 11.3 Å². The minimum absolute atomic E-state index is 0.115. The van der Waals surface area contributed by atoms with Crippen LogP contribution in [0.3, 0.4) is 0 Å². The van der Waals surface area contributed by atoms with Gasteiger partial charge in [-0.25, -0.2) is 4.98 Å². The maximum atomic E-state index is 12.4. The van der Waals surface area contributed by atoms with E-state index in [1.54, 1.807) is 0 Å². The van der Waals surface area contributed by atoms with Gasteiger partial charge in [-0.15, -0.1) is 23.1 Å². The molecule has 1 saturated carbocycles. The van der Waals surface area contributed by atoms with Gasteiger partial charge in [0.05, 0.1) is 11.4 Å². The number of hydrogen-bond acceptors (Lipinski definition) is 5. The van der Waals surface area contributed by atoms with Crippen molar-refractivity contribution in [3.63, 3.8) is 0 Å². The molecule has 0 unspecified atom stereocenters. The van der Waals surface area contributed by atoms with Crippen LogP contribution in [0.5, 0.6) is 0 Å². The summed E-state index contributed by atoms with van der Waals surface area (Å²) >= 11 is 9.03. The summed E-state index contributed by atoms with van der Waals surface area (Å²) in [7, 11) is 0. The van der Waals surface area contributed by atoms with Gasteiger partial charge in [0.1, 0.15) is 0 Å². The molecule has 0 aliphatic heterocycles. The molecular formula is C24H24ClN3O2S2. The highest BCUT2D eigenvalue weighted by Crippen LogP contribution is 2.30. The lowest BCUT2D eigenvalue weighted by Crippen LogP contribution is -2.24. The molecule has 8 heteroatoms. The molecular weight excluding hydrogens is 462 g/mol. The average molecular weight is 486 g/mol. The second-order valence-electron chi connectivity index (χ2n) is 7.70. The topological polar surface area (TPSA) is 71.1 Å². The number of carbonyl (C=O) groups excluding carboxylic acids is 2. The molecule has 166 valence electrons. The molecule has 1 aliphatic carbocycles. The molecule has 2 amide bonds. The number of amides is 2. The van der Waals surface area contributed by atoms with E-state index in [4.69, 9.17) is 11.6 Å². The summed E-state index contributed by atoms with van der Waals surface area (Å²) in [6, 6.07) is 15.1. The number of nitrogens with zero attached hydrogens (tertiary/aromatic N) is 1. The highest BCUT2D eigenvalue weighted by Gasteiger charge is 2.21. The van der Waals surface area contributed by atoms with Crippen molar-refractivity contribution in [2.75, 3.05) is 16.4 Å². The van der Waals surface area contributed by atoms with Crippen LogP contribution >= 0.6 is 34.7 Å². The minimum Gasteiger partial charge on any atom is -0.326 e. The number of hydrogen-bond donors (Lipinski definition) is 2. The van der Waals surface area contributed by atoms with Crippen molar-refractivity contribution in [2.45, 2.75) is 37.0 Å². The fourth-order valence-corrected chi connectivity index (χ4v) is 5.33. The van der Waals surface area contributed by atoms with Gasteiger partial charge in [0, 0.05) is 32.5 Å². The standard InChI is InChI=1S/C24H24ClN3O2S2/c25-20-9-5-4-8-19(20)21-14-32-24(27-21)28-22(29)15-31-18-12-10-17(11-13-18)26-23(30)16-6-2-1-3-7-16/h4-5,8-14,16H,1-3,6-7,15H2,(H,26,30)(H,27,28,29). The van der Waals surface area contributed by atoms with Crippen LogP contribution < -0.4 is 10.6 Å². The number of thioether (sulfide) groups is 1. The van der Waals surface area contributed by atoms with Crippen molar-refractivity contribution < 1.29 is 9.59 Å². The predicted molar refractivity (Wildman–Crippen MR) is 134 cm³/mol. The lowest BCUT2D eigenvalue weighted by atomic mass is 9.88. The SMILES string of the molecule is O=C(CSc1ccc(NC(=O)C2CCCCC2)cc1)Nc1nc(-c2ccccc2Cl)cs1. The van der Waals surface area contributed by atoms with Crippen LogP contribution in [0.1, 0.15) is 32.1 Å². The lowest BCUT2D eigenvalue weighted by Gasteiger charge is -2.20. The third kappa shape index (κ3) is 6.12. The van der Waals surface area contributed by atoms with Crippen molar-refractivity contribution in [3.8, 4) is 11.3 Å². The van der Waals surface area contributed by atoms with Crippen LogP contribution in [0.2, 0.25) is 5.02 Å². The monoisotopic (exact) mass is 485 g/mol. The maximum Gasteiger partial charge on any atom is 0.236 e. The van der Waals surface area contributed by atoms with E-state index in [2.05, 4.69) is 15.6 Å². The molecule has 32 heavy (non-hydrogen) atoms. The Bertz CT molecular complexity index is 1080. The number of rotatable bonds is 7. The summed E-state index contributed by atoms with van der Waals surface area (Å²) in [5.41, 5.74) is 2.38. The number of aromatic nitrogens is 1. The Morgan fingerprint density at radius 1 is 1.03 bits per heavy atom. The zero-order valence-electron chi connectivity index (χ0n) is 17.5. The molecule has 2 aromatic carbocycles. The van der Waals surface area contributed by atoms with Crippen LogP contribution in [-0.4, -0.2) is 22.6 Å². The fraction of sp³-hybridized carbons (Fsp3) is 0.292. The molecule has 0 bridgehead atoms. The van der Waals surface area contributed by atoms with E-state index in [1.807, 2.05) is 53.9 Å². The van der Waals surface area contributed by atoms with Gasteiger partial charge in [0.15, 0.2) is 5.13 Å². The summed E-state index contributed by atoms with van der Waals surface area (Å²) in [4.78, 5) is 30.1. The Morgan fingerprint density at radius 2 is 1.78 bits per heavy atom. The molecule has 4 rings (SSSR count). The summed E-state index contributed by atoms with van der Waals surface area (Å²) in [6.45, 7) is 0. The normalized spacial score (nSPS) is 14.2. The number of halogens is 1. The molecule has 1 aliphatic rings. The first kappa shape index (κ1) is 22.8. The smallest absolute Gasteiger partial charge is 0.236 e. The van der Waals surface area contributed by atoms with E-state index >= 15 is 0 Å². The summed E-state index contributed by atoms with van der Waals surface area (Å²) in [6.07, 6.45) is 5.46. The Hall–Kier alpha value is -2.35. The number of benzene rings is 2.